The molecule has 2 rings (SSSR count). The van der Waals surface area contributed by atoms with Gasteiger partial charge in [0.2, 0.25) is 0 Å². The SMILES string of the molecule is CCCCNC(=O)C(=O)NC[C@H]1OCCCN1S(=O)(=O)c1cccs1. The molecule has 0 saturated carbocycles. The number of carbonyl (C=O) groups is 2. The Kier molecular flexibility index (Phi) is 7.36. The molecule has 0 aliphatic carbocycles. The van der Waals surface area contributed by atoms with Crippen LogP contribution < -0.4 is 10.6 Å². The number of amides is 2. The van der Waals surface area contributed by atoms with E-state index in [9.17, 15) is 18.0 Å². The van der Waals surface area contributed by atoms with Gasteiger partial charge in [-0.3, -0.25) is 9.59 Å². The fraction of sp³-hybridized carbons (Fsp3) is 0.600. The van der Waals surface area contributed by atoms with Crippen molar-refractivity contribution in [2.75, 3.05) is 26.2 Å². The van der Waals surface area contributed by atoms with E-state index in [1.807, 2.05) is 6.92 Å². The van der Waals surface area contributed by atoms with Crippen LogP contribution in [0.15, 0.2) is 21.7 Å². The molecule has 0 radical (unpaired) electrons. The summed E-state index contributed by atoms with van der Waals surface area (Å²) in [5, 5.41) is 6.65. The van der Waals surface area contributed by atoms with Gasteiger partial charge in [0.05, 0.1) is 13.2 Å². The van der Waals surface area contributed by atoms with Gasteiger partial charge < -0.3 is 15.4 Å². The van der Waals surface area contributed by atoms with Crippen LogP contribution >= 0.6 is 11.3 Å². The largest absolute Gasteiger partial charge is 0.360 e. The van der Waals surface area contributed by atoms with Crippen LogP contribution in [0.1, 0.15) is 26.2 Å². The van der Waals surface area contributed by atoms with Crippen molar-refractivity contribution in [3.8, 4) is 0 Å². The highest BCUT2D eigenvalue weighted by Crippen LogP contribution is 2.25. The van der Waals surface area contributed by atoms with Crippen LogP contribution in [0.5, 0.6) is 0 Å². The Labute approximate surface area is 151 Å². The van der Waals surface area contributed by atoms with E-state index in [1.54, 1.807) is 11.4 Å². The van der Waals surface area contributed by atoms with E-state index >= 15 is 0 Å². The van der Waals surface area contributed by atoms with E-state index in [4.69, 9.17) is 4.74 Å². The average Bonchev–Trinajstić information content (AvgIpc) is 3.15. The van der Waals surface area contributed by atoms with Gasteiger partial charge >= 0.3 is 11.8 Å². The van der Waals surface area contributed by atoms with Crippen LogP contribution in [0.25, 0.3) is 0 Å². The van der Waals surface area contributed by atoms with Gasteiger partial charge in [0, 0.05) is 13.1 Å². The van der Waals surface area contributed by atoms with Crippen molar-refractivity contribution >= 4 is 33.2 Å². The van der Waals surface area contributed by atoms with Crippen molar-refractivity contribution in [3.63, 3.8) is 0 Å². The molecule has 1 fully saturated rings. The molecule has 0 aromatic carbocycles. The molecule has 1 aromatic rings. The molecule has 1 aromatic heterocycles. The Bertz CT molecular complexity index is 675. The molecule has 140 valence electrons. The average molecular weight is 389 g/mol. The number of sulfonamides is 1. The molecule has 1 atom stereocenters. The summed E-state index contributed by atoms with van der Waals surface area (Å²) in [4.78, 5) is 23.5. The van der Waals surface area contributed by atoms with Crippen molar-refractivity contribution in [1.29, 1.82) is 0 Å². The quantitative estimate of drug-likeness (QED) is 0.522. The summed E-state index contributed by atoms with van der Waals surface area (Å²) in [6.45, 7) is 3.05. The van der Waals surface area contributed by atoms with Crippen LogP contribution in [0.4, 0.5) is 0 Å². The second kappa shape index (κ2) is 9.27. The summed E-state index contributed by atoms with van der Waals surface area (Å²) in [5.41, 5.74) is 0. The lowest BCUT2D eigenvalue weighted by atomic mass is 10.3. The zero-order valence-electron chi connectivity index (χ0n) is 14.1. The summed E-state index contributed by atoms with van der Waals surface area (Å²) in [5.74, 6) is -1.52. The third-order valence-corrected chi connectivity index (χ3v) is 6.93. The first-order valence-corrected chi connectivity index (χ1v) is 10.5. The zero-order chi connectivity index (χ0) is 18.3. The summed E-state index contributed by atoms with van der Waals surface area (Å²) in [6, 6.07) is 3.20. The van der Waals surface area contributed by atoms with E-state index in [2.05, 4.69) is 10.6 Å². The fourth-order valence-electron chi connectivity index (χ4n) is 2.35. The van der Waals surface area contributed by atoms with Gasteiger partial charge in [0.1, 0.15) is 10.4 Å². The number of nitrogens with zero attached hydrogens (tertiary/aromatic N) is 1. The van der Waals surface area contributed by atoms with Gasteiger partial charge in [0.15, 0.2) is 0 Å². The Balaban J connectivity index is 1.95. The normalized spacial score (nSPS) is 18.7. The smallest absolute Gasteiger partial charge is 0.309 e. The first-order valence-electron chi connectivity index (χ1n) is 8.19. The first-order chi connectivity index (χ1) is 12.0. The highest BCUT2D eigenvalue weighted by atomic mass is 32.2. The van der Waals surface area contributed by atoms with Crippen LogP contribution in [0.3, 0.4) is 0 Å². The number of nitrogens with one attached hydrogen (secondary N) is 2. The lowest BCUT2D eigenvalue weighted by Gasteiger charge is -2.34. The fourth-order valence-corrected chi connectivity index (χ4v) is 5.03. The Morgan fingerprint density at radius 2 is 2.12 bits per heavy atom. The zero-order valence-corrected chi connectivity index (χ0v) is 15.7. The number of carbonyl (C=O) groups excluding carboxylic acids is 2. The standard InChI is InChI=1S/C15H23N3O5S2/c1-2-3-7-16-14(19)15(20)17-11-12-18(8-5-9-23-12)25(21,22)13-6-4-10-24-13/h4,6,10,12H,2-3,5,7-9,11H2,1H3,(H,16,19)(H,17,20)/t12-/m1/s1. The molecule has 1 aliphatic heterocycles. The molecule has 0 unspecified atom stereocenters. The number of unbranched alkanes of at least 4 members (excludes halogenated alkanes) is 1. The third kappa shape index (κ3) is 5.24. The number of hydrogen-bond acceptors (Lipinski definition) is 6. The predicted octanol–water partition coefficient (Wildman–Crippen LogP) is 0.518. The minimum absolute atomic E-state index is 0.0787. The Hall–Kier alpha value is -1.49. The van der Waals surface area contributed by atoms with Gasteiger partial charge in [-0.25, -0.2) is 8.42 Å². The molecule has 0 spiro atoms. The summed E-state index contributed by atoms with van der Waals surface area (Å²) in [6.07, 6.45) is 1.45. The molecule has 1 saturated heterocycles. The maximum absolute atomic E-state index is 12.7. The van der Waals surface area contributed by atoms with Crippen molar-refractivity contribution < 1.29 is 22.7 Å². The van der Waals surface area contributed by atoms with E-state index < -0.39 is 28.1 Å². The number of rotatable bonds is 7. The number of ether oxygens (including phenoxy) is 1. The van der Waals surface area contributed by atoms with Crippen molar-refractivity contribution in [2.24, 2.45) is 0 Å². The monoisotopic (exact) mass is 389 g/mol. The second-order valence-electron chi connectivity index (χ2n) is 5.55. The van der Waals surface area contributed by atoms with Crippen LogP contribution in [-0.2, 0) is 24.3 Å². The van der Waals surface area contributed by atoms with Gasteiger partial charge in [-0.1, -0.05) is 19.4 Å². The number of thiophene rings is 1. The van der Waals surface area contributed by atoms with Gasteiger partial charge in [0.25, 0.3) is 10.0 Å². The molecule has 0 bridgehead atoms. The maximum atomic E-state index is 12.7. The summed E-state index contributed by atoms with van der Waals surface area (Å²) < 4.78 is 32.3. The van der Waals surface area contributed by atoms with Crippen LogP contribution in [0, 0.1) is 0 Å². The third-order valence-electron chi connectivity index (χ3n) is 3.67. The highest BCUT2D eigenvalue weighted by molar-refractivity contribution is 7.91. The molecular formula is C15H23N3O5S2. The van der Waals surface area contributed by atoms with Crippen molar-refractivity contribution in [3.05, 3.63) is 17.5 Å². The lowest BCUT2D eigenvalue weighted by molar-refractivity contribution is -0.140. The highest BCUT2D eigenvalue weighted by Gasteiger charge is 2.35. The van der Waals surface area contributed by atoms with Crippen molar-refractivity contribution in [1.82, 2.24) is 14.9 Å². The van der Waals surface area contributed by atoms with Crippen molar-refractivity contribution in [2.45, 2.75) is 36.6 Å². The van der Waals surface area contributed by atoms with E-state index in [1.165, 1.54) is 10.4 Å². The van der Waals surface area contributed by atoms with Crippen LogP contribution in [-0.4, -0.2) is 57.0 Å². The molecule has 2 amide bonds. The number of hydrogen-bond donors (Lipinski definition) is 2. The Morgan fingerprint density at radius 3 is 2.80 bits per heavy atom. The van der Waals surface area contributed by atoms with Crippen LogP contribution in [0.2, 0.25) is 0 Å². The topological polar surface area (TPSA) is 105 Å². The van der Waals surface area contributed by atoms with E-state index in [-0.39, 0.29) is 10.8 Å². The molecular weight excluding hydrogens is 366 g/mol. The summed E-state index contributed by atoms with van der Waals surface area (Å²) >= 11 is 1.13. The lowest BCUT2D eigenvalue weighted by Crippen LogP contribution is -2.53. The first kappa shape index (κ1) is 19.8. The second-order valence-corrected chi connectivity index (χ2v) is 8.61. The van der Waals surface area contributed by atoms with Gasteiger partial charge in [-0.2, -0.15) is 4.31 Å². The molecule has 1 aliphatic rings. The van der Waals surface area contributed by atoms with E-state index in [0.717, 1.165) is 24.2 Å². The van der Waals surface area contributed by atoms with Gasteiger partial charge in [-0.15, -0.1) is 11.3 Å². The minimum atomic E-state index is -3.68. The molecule has 2 heterocycles. The maximum Gasteiger partial charge on any atom is 0.309 e. The van der Waals surface area contributed by atoms with E-state index in [0.29, 0.717) is 26.1 Å². The van der Waals surface area contributed by atoms with Gasteiger partial charge in [-0.05, 0) is 24.3 Å². The molecule has 8 nitrogen and oxygen atoms in total. The molecule has 25 heavy (non-hydrogen) atoms. The minimum Gasteiger partial charge on any atom is -0.360 e. The predicted molar refractivity (Wildman–Crippen MR) is 93.5 cm³/mol. The molecule has 2 N–H and O–H groups in total. The molecule has 10 heteroatoms. The Morgan fingerprint density at radius 1 is 1.36 bits per heavy atom. The summed E-state index contributed by atoms with van der Waals surface area (Å²) in [7, 11) is -3.68.